The molecule has 0 unspecified atom stereocenters. The standard InChI is InChI=1S/C14H14F2N2O3/c1-3-21-13(19)11-7(2)17-14(20)18-12(11)9-5-4-8(15)6-10(9)16/h4-6,12H,3H2,1-2H3,(H2,17,18,20)/t12-/m0/s1. The van der Waals surface area contributed by atoms with Crippen LogP contribution >= 0.6 is 0 Å². The van der Waals surface area contributed by atoms with E-state index < -0.39 is 29.7 Å². The van der Waals surface area contributed by atoms with Gasteiger partial charge in [-0.15, -0.1) is 0 Å². The minimum atomic E-state index is -1.03. The summed E-state index contributed by atoms with van der Waals surface area (Å²) in [5, 5.41) is 4.87. The van der Waals surface area contributed by atoms with E-state index in [0.29, 0.717) is 6.07 Å². The van der Waals surface area contributed by atoms with Crippen LogP contribution in [0, 0.1) is 11.6 Å². The maximum atomic E-state index is 13.9. The average Bonchev–Trinajstić information content (AvgIpc) is 2.37. The summed E-state index contributed by atoms with van der Waals surface area (Å²) in [5.41, 5.74) is 0.349. The molecule has 1 atom stereocenters. The number of ether oxygens (including phenoxy) is 1. The number of hydrogen-bond acceptors (Lipinski definition) is 3. The Morgan fingerprint density at radius 3 is 2.71 bits per heavy atom. The van der Waals surface area contributed by atoms with Crippen LogP contribution in [0.4, 0.5) is 13.6 Å². The molecular weight excluding hydrogens is 282 g/mol. The molecule has 0 saturated heterocycles. The second-order valence-corrected chi connectivity index (χ2v) is 4.46. The second kappa shape index (κ2) is 5.90. The smallest absolute Gasteiger partial charge is 0.338 e. The van der Waals surface area contributed by atoms with Gasteiger partial charge in [0.05, 0.1) is 18.2 Å². The van der Waals surface area contributed by atoms with Gasteiger partial charge in [0.15, 0.2) is 0 Å². The van der Waals surface area contributed by atoms with Gasteiger partial charge in [0.25, 0.3) is 0 Å². The summed E-state index contributed by atoms with van der Waals surface area (Å²) in [6.45, 7) is 3.29. The maximum absolute atomic E-state index is 13.9. The first-order valence-corrected chi connectivity index (χ1v) is 6.34. The molecule has 0 spiro atoms. The summed E-state index contributed by atoms with van der Waals surface area (Å²) in [4.78, 5) is 23.6. The highest BCUT2D eigenvalue weighted by Crippen LogP contribution is 2.29. The lowest BCUT2D eigenvalue weighted by Gasteiger charge is -2.28. The third kappa shape index (κ3) is 3.01. The molecule has 1 aromatic carbocycles. The number of rotatable bonds is 3. The highest BCUT2D eigenvalue weighted by atomic mass is 19.1. The molecule has 112 valence electrons. The van der Waals surface area contributed by atoms with E-state index in [4.69, 9.17) is 4.74 Å². The molecule has 1 aromatic rings. The van der Waals surface area contributed by atoms with Gasteiger partial charge in [-0.05, 0) is 19.9 Å². The number of esters is 1. The second-order valence-electron chi connectivity index (χ2n) is 4.46. The highest BCUT2D eigenvalue weighted by molar-refractivity contribution is 5.95. The molecule has 0 saturated carbocycles. The molecule has 0 aliphatic carbocycles. The zero-order chi connectivity index (χ0) is 15.6. The van der Waals surface area contributed by atoms with Crippen molar-refractivity contribution in [3.8, 4) is 0 Å². The van der Waals surface area contributed by atoms with Gasteiger partial charge >= 0.3 is 12.0 Å². The molecule has 5 nitrogen and oxygen atoms in total. The van der Waals surface area contributed by atoms with Gasteiger partial charge in [-0.1, -0.05) is 6.07 Å². The number of halogens is 2. The molecule has 1 aliphatic heterocycles. The van der Waals surface area contributed by atoms with E-state index in [2.05, 4.69) is 10.6 Å². The SMILES string of the molecule is CCOC(=O)C1=C(C)NC(=O)N[C@H]1c1ccc(F)cc1F. The molecule has 0 fully saturated rings. The zero-order valence-corrected chi connectivity index (χ0v) is 11.5. The Kier molecular flexibility index (Phi) is 4.21. The van der Waals surface area contributed by atoms with Crippen molar-refractivity contribution >= 4 is 12.0 Å². The lowest BCUT2D eigenvalue weighted by Crippen LogP contribution is -2.45. The van der Waals surface area contributed by atoms with Crippen LogP contribution in [0.15, 0.2) is 29.5 Å². The van der Waals surface area contributed by atoms with E-state index in [1.807, 2.05) is 0 Å². The predicted octanol–water partition coefficient (Wildman–Crippen LogP) is 2.16. The van der Waals surface area contributed by atoms with E-state index in [1.54, 1.807) is 6.92 Å². The topological polar surface area (TPSA) is 67.4 Å². The van der Waals surface area contributed by atoms with Crippen molar-refractivity contribution in [2.45, 2.75) is 19.9 Å². The molecule has 0 bridgehead atoms. The van der Waals surface area contributed by atoms with Gasteiger partial charge in [-0.25, -0.2) is 18.4 Å². The third-order valence-corrected chi connectivity index (χ3v) is 3.04. The summed E-state index contributed by atoms with van der Waals surface area (Å²) in [7, 11) is 0. The fraction of sp³-hybridized carbons (Fsp3) is 0.286. The summed E-state index contributed by atoms with van der Waals surface area (Å²) in [6.07, 6.45) is 0. The first-order valence-electron chi connectivity index (χ1n) is 6.34. The maximum Gasteiger partial charge on any atom is 0.338 e. The van der Waals surface area contributed by atoms with Crippen LogP contribution in [-0.2, 0) is 9.53 Å². The van der Waals surface area contributed by atoms with Gasteiger partial charge in [0.2, 0.25) is 0 Å². The van der Waals surface area contributed by atoms with Crippen LogP contribution in [0.3, 0.4) is 0 Å². The largest absolute Gasteiger partial charge is 0.463 e. The molecule has 2 N–H and O–H groups in total. The Balaban J connectivity index is 2.49. The monoisotopic (exact) mass is 296 g/mol. The molecule has 2 rings (SSSR count). The summed E-state index contributed by atoms with van der Waals surface area (Å²) >= 11 is 0. The Labute approximate surface area is 120 Å². The number of amides is 2. The summed E-state index contributed by atoms with van der Waals surface area (Å²) in [6, 6.07) is 1.34. The number of carbonyl (C=O) groups is 2. The van der Waals surface area contributed by atoms with Crippen molar-refractivity contribution in [1.29, 1.82) is 0 Å². The number of allylic oxidation sites excluding steroid dienone is 1. The van der Waals surface area contributed by atoms with Crippen LogP contribution in [0.2, 0.25) is 0 Å². The van der Waals surface area contributed by atoms with Crippen LogP contribution in [0.1, 0.15) is 25.5 Å². The van der Waals surface area contributed by atoms with Crippen LogP contribution in [0.5, 0.6) is 0 Å². The quantitative estimate of drug-likeness (QED) is 0.840. The van der Waals surface area contributed by atoms with E-state index in [9.17, 15) is 18.4 Å². The normalized spacial score (nSPS) is 18.1. The van der Waals surface area contributed by atoms with Crippen LogP contribution in [-0.4, -0.2) is 18.6 Å². The summed E-state index contributed by atoms with van der Waals surface area (Å²) in [5.74, 6) is -2.26. The first kappa shape index (κ1) is 15.0. The fourth-order valence-corrected chi connectivity index (χ4v) is 2.14. The number of nitrogens with one attached hydrogen (secondary N) is 2. The Bertz CT molecular complexity index is 629. The predicted molar refractivity (Wildman–Crippen MR) is 70.1 cm³/mol. The molecule has 2 amide bonds. The Morgan fingerprint density at radius 1 is 1.38 bits per heavy atom. The molecule has 1 aliphatic rings. The zero-order valence-electron chi connectivity index (χ0n) is 11.5. The van der Waals surface area contributed by atoms with Crippen molar-refractivity contribution in [3.05, 3.63) is 46.7 Å². The van der Waals surface area contributed by atoms with Crippen molar-refractivity contribution in [2.75, 3.05) is 6.61 Å². The molecule has 1 heterocycles. The van der Waals surface area contributed by atoms with Gasteiger partial charge in [0.1, 0.15) is 11.6 Å². The first-order chi connectivity index (χ1) is 9.93. The molecule has 0 aromatic heterocycles. The molecule has 0 radical (unpaired) electrons. The van der Waals surface area contributed by atoms with Gasteiger partial charge in [0, 0.05) is 17.3 Å². The Hall–Kier alpha value is -2.44. The summed E-state index contributed by atoms with van der Waals surface area (Å²) < 4.78 is 31.8. The lowest BCUT2D eigenvalue weighted by atomic mass is 9.95. The molecule has 21 heavy (non-hydrogen) atoms. The van der Waals surface area contributed by atoms with Crippen molar-refractivity contribution in [2.24, 2.45) is 0 Å². The van der Waals surface area contributed by atoms with Gasteiger partial charge < -0.3 is 15.4 Å². The average molecular weight is 296 g/mol. The van der Waals surface area contributed by atoms with E-state index in [0.717, 1.165) is 6.07 Å². The van der Waals surface area contributed by atoms with Gasteiger partial charge in [-0.3, -0.25) is 0 Å². The number of benzene rings is 1. The van der Waals surface area contributed by atoms with Gasteiger partial charge in [-0.2, -0.15) is 0 Å². The number of carbonyl (C=O) groups excluding carboxylic acids is 2. The molecular formula is C14H14F2N2O3. The third-order valence-electron chi connectivity index (χ3n) is 3.04. The fourth-order valence-electron chi connectivity index (χ4n) is 2.14. The lowest BCUT2D eigenvalue weighted by molar-refractivity contribution is -0.139. The minimum Gasteiger partial charge on any atom is -0.463 e. The minimum absolute atomic E-state index is 0.00588. The van der Waals surface area contributed by atoms with Crippen LogP contribution in [0.25, 0.3) is 0 Å². The van der Waals surface area contributed by atoms with E-state index in [-0.39, 0.29) is 23.4 Å². The number of hydrogen-bond donors (Lipinski definition) is 2. The van der Waals surface area contributed by atoms with Crippen molar-refractivity contribution in [3.63, 3.8) is 0 Å². The van der Waals surface area contributed by atoms with Crippen molar-refractivity contribution in [1.82, 2.24) is 10.6 Å². The van der Waals surface area contributed by atoms with E-state index in [1.165, 1.54) is 13.0 Å². The van der Waals surface area contributed by atoms with Crippen molar-refractivity contribution < 1.29 is 23.1 Å². The molecule has 7 heteroatoms. The Morgan fingerprint density at radius 2 is 2.10 bits per heavy atom. The van der Waals surface area contributed by atoms with Crippen LogP contribution < -0.4 is 10.6 Å². The van der Waals surface area contributed by atoms with E-state index >= 15 is 0 Å². The number of urea groups is 1. The highest BCUT2D eigenvalue weighted by Gasteiger charge is 2.33.